The summed E-state index contributed by atoms with van der Waals surface area (Å²) in [6, 6.07) is 17.0. The van der Waals surface area contributed by atoms with Crippen LogP contribution in [0.5, 0.6) is 0 Å². The number of ether oxygens (including phenoxy) is 1. The predicted octanol–water partition coefficient (Wildman–Crippen LogP) is 4.01. The van der Waals surface area contributed by atoms with Gasteiger partial charge in [-0.2, -0.15) is 0 Å². The molecule has 0 aliphatic rings. The largest absolute Gasteiger partial charge is 0.377 e. The molecule has 2 N–H and O–H groups in total. The predicted molar refractivity (Wildman–Crippen MR) is 115 cm³/mol. The summed E-state index contributed by atoms with van der Waals surface area (Å²) in [6.45, 7) is 7.01. The summed E-state index contributed by atoms with van der Waals surface area (Å²) in [5, 5.41) is 6.67. The molecule has 0 amide bonds. The van der Waals surface area contributed by atoms with Crippen LogP contribution >= 0.6 is 24.0 Å². The van der Waals surface area contributed by atoms with Crippen molar-refractivity contribution in [1.29, 1.82) is 0 Å². The van der Waals surface area contributed by atoms with Crippen molar-refractivity contribution in [2.24, 2.45) is 4.99 Å². The number of nitrogens with one attached hydrogen (secondary N) is 2. The highest BCUT2D eigenvalue weighted by Gasteiger charge is 2.00. The van der Waals surface area contributed by atoms with Crippen molar-refractivity contribution in [1.82, 2.24) is 10.6 Å². The van der Waals surface area contributed by atoms with Crippen molar-refractivity contribution >= 4 is 29.9 Å². The Balaban J connectivity index is 0.00000312. The Morgan fingerprint density at radius 2 is 1.36 bits per heavy atom. The van der Waals surface area contributed by atoms with Crippen molar-refractivity contribution in [3.8, 4) is 0 Å². The number of rotatable bonds is 7. The molecule has 5 heteroatoms. The van der Waals surface area contributed by atoms with Crippen LogP contribution in [0, 0.1) is 6.92 Å². The van der Waals surface area contributed by atoms with Crippen LogP contribution in [0.4, 0.5) is 0 Å². The molecule has 0 aliphatic heterocycles. The van der Waals surface area contributed by atoms with E-state index in [1.165, 1.54) is 22.3 Å². The number of guanidine groups is 1. The topological polar surface area (TPSA) is 45.6 Å². The third-order valence-corrected chi connectivity index (χ3v) is 3.76. The fraction of sp³-hybridized carbons (Fsp3) is 0.350. The fourth-order valence-electron chi connectivity index (χ4n) is 2.27. The average molecular weight is 453 g/mol. The lowest BCUT2D eigenvalue weighted by Crippen LogP contribution is -2.36. The zero-order valence-electron chi connectivity index (χ0n) is 15.2. The van der Waals surface area contributed by atoms with Gasteiger partial charge < -0.3 is 15.4 Å². The highest BCUT2D eigenvalue weighted by Crippen LogP contribution is 2.06. The molecular formula is C20H28IN3O. The molecule has 0 saturated carbocycles. The molecule has 25 heavy (non-hydrogen) atoms. The standard InChI is InChI=1S/C20H27N3O.HI/c1-4-24-15-19-11-9-18(10-12-19)14-23-20(21-3)22-13-17-7-5-16(2)6-8-17;/h5-12H,4,13-15H2,1-3H3,(H2,21,22,23);1H. The first-order valence-corrected chi connectivity index (χ1v) is 8.37. The van der Waals surface area contributed by atoms with Crippen molar-refractivity contribution < 1.29 is 4.74 Å². The molecule has 0 bridgehead atoms. The van der Waals surface area contributed by atoms with Crippen molar-refractivity contribution in [3.63, 3.8) is 0 Å². The number of benzene rings is 2. The molecule has 4 nitrogen and oxygen atoms in total. The van der Waals surface area contributed by atoms with E-state index in [4.69, 9.17) is 4.74 Å². The third-order valence-electron chi connectivity index (χ3n) is 3.76. The molecule has 0 unspecified atom stereocenters. The molecule has 0 radical (unpaired) electrons. The van der Waals surface area contributed by atoms with Gasteiger partial charge in [0, 0.05) is 26.7 Å². The van der Waals surface area contributed by atoms with Crippen LogP contribution < -0.4 is 10.6 Å². The number of aryl methyl sites for hydroxylation is 1. The van der Waals surface area contributed by atoms with Crippen molar-refractivity contribution in [2.45, 2.75) is 33.5 Å². The van der Waals surface area contributed by atoms with Crippen LogP contribution in [0.25, 0.3) is 0 Å². The average Bonchev–Trinajstić information content (AvgIpc) is 2.62. The number of hydrogen-bond acceptors (Lipinski definition) is 2. The summed E-state index contributed by atoms with van der Waals surface area (Å²) >= 11 is 0. The zero-order chi connectivity index (χ0) is 17.2. The van der Waals surface area contributed by atoms with E-state index in [0.29, 0.717) is 6.61 Å². The SMILES string of the molecule is CCOCc1ccc(CNC(=NC)NCc2ccc(C)cc2)cc1.I. The van der Waals surface area contributed by atoms with Crippen LogP contribution in [-0.4, -0.2) is 19.6 Å². The molecule has 0 spiro atoms. The number of halogens is 1. The quantitative estimate of drug-likeness (QED) is 0.378. The molecule has 0 fully saturated rings. The molecule has 0 saturated heterocycles. The summed E-state index contributed by atoms with van der Waals surface area (Å²) in [5.41, 5.74) is 4.92. The minimum Gasteiger partial charge on any atom is -0.377 e. The third kappa shape index (κ3) is 7.88. The fourth-order valence-corrected chi connectivity index (χ4v) is 2.27. The number of aliphatic imine (C=N–C) groups is 1. The van der Waals surface area contributed by atoms with Crippen LogP contribution in [0.15, 0.2) is 53.5 Å². The number of nitrogens with zero attached hydrogens (tertiary/aromatic N) is 1. The lowest BCUT2D eigenvalue weighted by atomic mass is 10.1. The van der Waals surface area contributed by atoms with E-state index >= 15 is 0 Å². The van der Waals surface area contributed by atoms with E-state index in [1.54, 1.807) is 7.05 Å². The van der Waals surface area contributed by atoms with Crippen molar-refractivity contribution in [2.75, 3.05) is 13.7 Å². The smallest absolute Gasteiger partial charge is 0.191 e. The summed E-state index contributed by atoms with van der Waals surface area (Å²) in [7, 11) is 1.79. The minimum absolute atomic E-state index is 0. The van der Waals surface area contributed by atoms with Gasteiger partial charge in [0.2, 0.25) is 0 Å². The van der Waals surface area contributed by atoms with E-state index < -0.39 is 0 Å². The van der Waals surface area contributed by atoms with Gasteiger partial charge in [0.1, 0.15) is 0 Å². The van der Waals surface area contributed by atoms with Gasteiger partial charge in [-0.3, -0.25) is 4.99 Å². The molecule has 0 heterocycles. The first kappa shape index (κ1) is 21.4. The second-order valence-electron chi connectivity index (χ2n) is 5.72. The van der Waals surface area contributed by atoms with Gasteiger partial charge in [0.15, 0.2) is 5.96 Å². The Morgan fingerprint density at radius 3 is 1.84 bits per heavy atom. The lowest BCUT2D eigenvalue weighted by molar-refractivity contribution is 0.134. The molecule has 0 aliphatic carbocycles. The first-order chi connectivity index (χ1) is 11.7. The van der Waals surface area contributed by atoms with Crippen LogP contribution in [0.1, 0.15) is 29.2 Å². The maximum absolute atomic E-state index is 5.41. The summed E-state index contributed by atoms with van der Waals surface area (Å²) in [4.78, 5) is 4.27. The molecule has 2 rings (SSSR count). The van der Waals surface area contributed by atoms with Crippen LogP contribution in [0.2, 0.25) is 0 Å². The highest BCUT2D eigenvalue weighted by atomic mass is 127. The number of hydrogen-bond donors (Lipinski definition) is 2. The molecule has 0 aromatic heterocycles. The van der Waals surface area contributed by atoms with Gasteiger partial charge in [0.25, 0.3) is 0 Å². The normalized spacial score (nSPS) is 10.9. The van der Waals surface area contributed by atoms with E-state index in [-0.39, 0.29) is 24.0 Å². The van der Waals surface area contributed by atoms with Gasteiger partial charge >= 0.3 is 0 Å². The molecule has 2 aromatic carbocycles. The molecular weight excluding hydrogens is 425 g/mol. The molecule has 0 atom stereocenters. The Bertz CT molecular complexity index is 639. The Labute approximate surface area is 168 Å². The van der Waals surface area contributed by atoms with Gasteiger partial charge in [-0.1, -0.05) is 54.1 Å². The minimum atomic E-state index is 0. The Hall–Kier alpha value is -1.60. The van der Waals surface area contributed by atoms with Gasteiger partial charge in [-0.25, -0.2) is 0 Å². The van der Waals surface area contributed by atoms with E-state index in [1.807, 2.05) is 6.92 Å². The van der Waals surface area contributed by atoms with Gasteiger partial charge in [-0.15, -0.1) is 24.0 Å². The molecule has 2 aromatic rings. The second kappa shape index (κ2) is 11.9. The maximum Gasteiger partial charge on any atom is 0.191 e. The summed E-state index contributed by atoms with van der Waals surface area (Å²) in [5.74, 6) is 0.800. The highest BCUT2D eigenvalue weighted by molar-refractivity contribution is 14.0. The van der Waals surface area contributed by atoms with Crippen molar-refractivity contribution in [3.05, 3.63) is 70.8 Å². The maximum atomic E-state index is 5.41. The molecule has 136 valence electrons. The monoisotopic (exact) mass is 453 g/mol. The van der Waals surface area contributed by atoms with E-state index in [2.05, 4.69) is 71.1 Å². The lowest BCUT2D eigenvalue weighted by Gasteiger charge is -2.12. The van der Waals surface area contributed by atoms with Crippen LogP contribution in [0.3, 0.4) is 0 Å². The van der Waals surface area contributed by atoms with E-state index in [0.717, 1.165) is 25.7 Å². The van der Waals surface area contributed by atoms with Crippen LogP contribution in [-0.2, 0) is 24.4 Å². The van der Waals surface area contributed by atoms with Gasteiger partial charge in [-0.05, 0) is 30.5 Å². The summed E-state index contributed by atoms with van der Waals surface area (Å²) in [6.07, 6.45) is 0. The summed E-state index contributed by atoms with van der Waals surface area (Å²) < 4.78 is 5.41. The Morgan fingerprint density at radius 1 is 0.880 bits per heavy atom. The van der Waals surface area contributed by atoms with E-state index in [9.17, 15) is 0 Å². The first-order valence-electron chi connectivity index (χ1n) is 8.37. The zero-order valence-corrected chi connectivity index (χ0v) is 17.5. The Kier molecular flexibility index (Phi) is 10.2. The second-order valence-corrected chi connectivity index (χ2v) is 5.72. The van der Waals surface area contributed by atoms with Gasteiger partial charge in [0.05, 0.1) is 6.61 Å².